The molecule has 1 amide bonds. The van der Waals surface area contributed by atoms with Gasteiger partial charge in [-0.25, -0.2) is 13.1 Å². The van der Waals surface area contributed by atoms with Crippen molar-refractivity contribution in [3.05, 3.63) is 11.5 Å². The van der Waals surface area contributed by atoms with Gasteiger partial charge in [0.05, 0.1) is 6.26 Å². The van der Waals surface area contributed by atoms with E-state index in [0.717, 1.165) is 6.26 Å². The van der Waals surface area contributed by atoms with Crippen molar-refractivity contribution >= 4 is 21.9 Å². The molecule has 78 valence electrons. The number of nitrogens with two attached hydrogens (primary N) is 1. The number of sulfonamides is 1. The molecule has 0 unspecified atom stereocenters. The normalized spacial score (nSPS) is 11.3. The number of primary amides is 1. The van der Waals surface area contributed by atoms with Crippen LogP contribution in [0.15, 0.2) is 4.42 Å². The smallest absolute Gasteiger partial charge is 0.309 e. The van der Waals surface area contributed by atoms with Crippen molar-refractivity contribution in [3.63, 3.8) is 0 Å². The molecule has 0 fully saturated rings. The Morgan fingerprint density at radius 3 is 2.50 bits per heavy atom. The second-order valence-electron chi connectivity index (χ2n) is 2.66. The molecule has 8 heteroatoms. The van der Waals surface area contributed by atoms with Gasteiger partial charge in [0.2, 0.25) is 10.0 Å². The van der Waals surface area contributed by atoms with Gasteiger partial charge in [0.1, 0.15) is 5.76 Å². The number of aryl methyl sites for hydroxylation is 1. The number of aromatic nitrogens is 1. The van der Waals surface area contributed by atoms with Gasteiger partial charge in [-0.1, -0.05) is 0 Å². The van der Waals surface area contributed by atoms with Gasteiger partial charge in [-0.2, -0.15) is 4.98 Å². The summed E-state index contributed by atoms with van der Waals surface area (Å²) in [6, 6.07) is -0.265. The van der Waals surface area contributed by atoms with E-state index in [9.17, 15) is 13.2 Å². The van der Waals surface area contributed by atoms with E-state index < -0.39 is 15.9 Å². The maximum absolute atomic E-state index is 10.8. The number of rotatable bonds is 3. The molecular formula is C6H9N3O4S. The second kappa shape index (κ2) is 3.29. The highest BCUT2D eigenvalue weighted by atomic mass is 32.2. The van der Waals surface area contributed by atoms with Gasteiger partial charge in [0.25, 0.3) is 5.91 Å². The molecule has 0 aromatic carbocycles. The molecule has 1 aromatic rings. The molecule has 0 atom stereocenters. The van der Waals surface area contributed by atoms with E-state index >= 15 is 0 Å². The summed E-state index contributed by atoms with van der Waals surface area (Å²) in [6.45, 7) is 1.46. The zero-order valence-electron chi connectivity index (χ0n) is 7.57. The highest BCUT2D eigenvalue weighted by Crippen LogP contribution is 2.14. The zero-order chi connectivity index (χ0) is 10.9. The van der Waals surface area contributed by atoms with Gasteiger partial charge in [-0.05, 0) is 6.92 Å². The van der Waals surface area contributed by atoms with E-state index in [1.165, 1.54) is 6.92 Å². The minimum atomic E-state index is -3.46. The minimum Gasteiger partial charge on any atom is -0.428 e. The highest BCUT2D eigenvalue weighted by molar-refractivity contribution is 7.91. The maximum Gasteiger partial charge on any atom is 0.309 e. The van der Waals surface area contributed by atoms with Gasteiger partial charge in [0, 0.05) is 0 Å². The first kappa shape index (κ1) is 10.5. The summed E-state index contributed by atoms with van der Waals surface area (Å²) in [5.41, 5.74) is 4.87. The Morgan fingerprint density at radius 2 is 2.14 bits per heavy atom. The molecule has 0 saturated heterocycles. The van der Waals surface area contributed by atoms with Crippen molar-refractivity contribution in [2.75, 3.05) is 11.0 Å². The van der Waals surface area contributed by atoms with Crippen LogP contribution >= 0.6 is 0 Å². The predicted molar refractivity (Wildman–Crippen MR) is 48.2 cm³/mol. The first-order valence-corrected chi connectivity index (χ1v) is 5.44. The van der Waals surface area contributed by atoms with E-state index in [4.69, 9.17) is 10.2 Å². The predicted octanol–water partition coefficient (Wildman–Crippen LogP) is -0.547. The van der Waals surface area contributed by atoms with E-state index in [0.29, 0.717) is 0 Å². The molecule has 0 aliphatic rings. The Hall–Kier alpha value is -1.57. The topological polar surface area (TPSA) is 115 Å². The van der Waals surface area contributed by atoms with Crippen molar-refractivity contribution in [2.45, 2.75) is 6.92 Å². The van der Waals surface area contributed by atoms with Crippen LogP contribution in [0.2, 0.25) is 0 Å². The van der Waals surface area contributed by atoms with Gasteiger partial charge < -0.3 is 10.2 Å². The molecule has 1 rings (SSSR count). The van der Waals surface area contributed by atoms with Crippen molar-refractivity contribution in [3.8, 4) is 0 Å². The third-order valence-electron chi connectivity index (χ3n) is 1.30. The average molecular weight is 219 g/mol. The van der Waals surface area contributed by atoms with Crippen LogP contribution in [-0.4, -0.2) is 25.6 Å². The van der Waals surface area contributed by atoms with Crippen LogP contribution in [0, 0.1) is 6.92 Å². The number of anilines is 1. The number of carbonyl (C=O) groups is 1. The van der Waals surface area contributed by atoms with Crippen molar-refractivity contribution < 1.29 is 17.6 Å². The van der Waals surface area contributed by atoms with Gasteiger partial charge in [0.15, 0.2) is 5.69 Å². The minimum absolute atomic E-state index is 0.0869. The molecule has 0 spiro atoms. The number of hydrogen-bond donors (Lipinski definition) is 2. The molecule has 1 heterocycles. The fourth-order valence-electron chi connectivity index (χ4n) is 0.827. The molecule has 1 aromatic heterocycles. The SMILES string of the molecule is Cc1oc(NS(C)(=O)=O)nc1C(N)=O. The molecule has 0 radical (unpaired) electrons. The molecular weight excluding hydrogens is 210 g/mol. The number of carbonyl (C=O) groups excluding carboxylic acids is 1. The average Bonchev–Trinajstić information content (AvgIpc) is 2.26. The Kier molecular flexibility index (Phi) is 2.47. The van der Waals surface area contributed by atoms with Crippen LogP contribution in [0.5, 0.6) is 0 Å². The van der Waals surface area contributed by atoms with Crippen LogP contribution in [0.1, 0.15) is 16.2 Å². The summed E-state index contributed by atoms with van der Waals surface area (Å²) in [7, 11) is -3.46. The molecule has 3 N–H and O–H groups in total. The number of nitrogens with one attached hydrogen (secondary N) is 1. The maximum atomic E-state index is 10.8. The first-order valence-electron chi connectivity index (χ1n) is 3.54. The summed E-state index contributed by atoms with van der Waals surface area (Å²) in [5.74, 6) is -0.601. The fourth-order valence-corrected chi connectivity index (χ4v) is 1.23. The number of oxazole rings is 1. The third kappa shape index (κ3) is 2.46. The van der Waals surface area contributed by atoms with Crippen LogP contribution in [0.3, 0.4) is 0 Å². The molecule has 0 aliphatic heterocycles. The van der Waals surface area contributed by atoms with Crippen molar-refractivity contribution in [1.82, 2.24) is 4.98 Å². The lowest BCUT2D eigenvalue weighted by Gasteiger charge is -1.94. The lowest BCUT2D eigenvalue weighted by Crippen LogP contribution is -2.13. The Labute approximate surface area is 80.4 Å². The van der Waals surface area contributed by atoms with Gasteiger partial charge in [-0.3, -0.25) is 4.79 Å². The summed E-state index contributed by atoms with van der Waals surface area (Å²) in [4.78, 5) is 14.3. The number of amides is 1. The third-order valence-corrected chi connectivity index (χ3v) is 1.85. The van der Waals surface area contributed by atoms with Gasteiger partial charge >= 0.3 is 6.01 Å². The van der Waals surface area contributed by atoms with E-state index in [2.05, 4.69) is 4.98 Å². The Bertz CT molecular complexity index is 461. The summed E-state index contributed by atoms with van der Waals surface area (Å²) < 4.78 is 28.4. The first-order chi connectivity index (χ1) is 6.29. The second-order valence-corrected chi connectivity index (χ2v) is 4.41. The summed E-state index contributed by atoms with van der Waals surface area (Å²) in [6.07, 6.45) is 0.941. The summed E-state index contributed by atoms with van der Waals surface area (Å²) in [5, 5.41) is 0. The van der Waals surface area contributed by atoms with E-state index in [-0.39, 0.29) is 17.5 Å². The zero-order valence-corrected chi connectivity index (χ0v) is 8.38. The lowest BCUT2D eigenvalue weighted by molar-refractivity contribution is 0.0994. The summed E-state index contributed by atoms with van der Waals surface area (Å²) >= 11 is 0. The van der Waals surface area contributed by atoms with Crippen LogP contribution in [0.4, 0.5) is 6.01 Å². The lowest BCUT2D eigenvalue weighted by atomic mass is 10.3. The molecule has 0 saturated carbocycles. The quantitative estimate of drug-likeness (QED) is 0.707. The molecule has 0 aliphatic carbocycles. The van der Waals surface area contributed by atoms with E-state index in [1.807, 2.05) is 4.72 Å². The standard InChI is InChI=1S/C6H9N3O4S/c1-3-4(5(7)10)8-6(13-3)9-14(2,11)12/h1-2H3,(H2,7,10)(H,8,9). The molecule has 7 nitrogen and oxygen atoms in total. The largest absolute Gasteiger partial charge is 0.428 e. The van der Waals surface area contributed by atoms with Crippen LogP contribution in [-0.2, 0) is 10.0 Å². The number of hydrogen-bond acceptors (Lipinski definition) is 5. The van der Waals surface area contributed by atoms with Crippen molar-refractivity contribution in [2.24, 2.45) is 5.73 Å². The van der Waals surface area contributed by atoms with Crippen molar-refractivity contribution in [1.29, 1.82) is 0 Å². The van der Waals surface area contributed by atoms with E-state index in [1.54, 1.807) is 0 Å². The van der Waals surface area contributed by atoms with Crippen LogP contribution < -0.4 is 10.5 Å². The Balaban J connectivity index is 3.04. The Morgan fingerprint density at radius 1 is 1.57 bits per heavy atom. The molecule has 0 bridgehead atoms. The number of nitrogens with zero attached hydrogens (tertiary/aromatic N) is 1. The molecule has 14 heavy (non-hydrogen) atoms. The monoisotopic (exact) mass is 219 g/mol. The highest BCUT2D eigenvalue weighted by Gasteiger charge is 2.16. The van der Waals surface area contributed by atoms with Gasteiger partial charge in [-0.15, -0.1) is 0 Å². The van der Waals surface area contributed by atoms with Crippen LogP contribution in [0.25, 0.3) is 0 Å². The fraction of sp³-hybridized carbons (Fsp3) is 0.333.